The molecule has 0 aliphatic rings. The van der Waals surface area contributed by atoms with Crippen LogP contribution in [0.1, 0.15) is 37.0 Å². The maximum Gasteiger partial charge on any atom is 0.387 e. The van der Waals surface area contributed by atoms with Crippen molar-refractivity contribution >= 4 is 17.6 Å². The molecule has 2 rings (SSSR count). The van der Waals surface area contributed by atoms with Gasteiger partial charge in [-0.3, -0.25) is 0 Å². The van der Waals surface area contributed by atoms with Gasteiger partial charge in [-0.05, 0) is 31.5 Å². The number of unbranched alkanes of at least 4 members (excludes halogenated alkanes) is 1. The summed E-state index contributed by atoms with van der Waals surface area (Å²) in [5.41, 5.74) is 0.471. The third kappa shape index (κ3) is 6.63. The van der Waals surface area contributed by atoms with E-state index in [-0.39, 0.29) is 12.3 Å². The molecule has 0 saturated carbocycles. The van der Waals surface area contributed by atoms with Crippen LogP contribution >= 0.6 is 11.6 Å². The standard InChI is InChI=1S/C18H25ClF2N6O/c1-4-5-8-22-18(24-11-16-26-25-12(2)27(16)3)23-10-13-9-14(19)6-7-15(13)28-17(20)21/h6-7,9,17H,4-5,8,10-11H2,1-3H3,(H2,22,23,24). The molecule has 2 aromatic rings. The minimum absolute atomic E-state index is 0.0555. The minimum atomic E-state index is -2.91. The molecule has 1 aromatic heterocycles. The summed E-state index contributed by atoms with van der Waals surface area (Å²) in [6.45, 7) is 2.33. The number of aliphatic imine (C=N–C) groups is 1. The maximum atomic E-state index is 12.6. The van der Waals surface area contributed by atoms with Gasteiger partial charge in [-0.25, -0.2) is 4.99 Å². The van der Waals surface area contributed by atoms with Crippen LogP contribution in [-0.2, 0) is 20.1 Å². The van der Waals surface area contributed by atoms with E-state index in [4.69, 9.17) is 11.6 Å². The summed E-state index contributed by atoms with van der Waals surface area (Å²) in [5, 5.41) is 15.0. The topological polar surface area (TPSA) is 76.4 Å². The molecule has 2 N–H and O–H groups in total. The maximum absolute atomic E-state index is 12.6. The van der Waals surface area contributed by atoms with Crippen molar-refractivity contribution in [1.29, 1.82) is 0 Å². The lowest BCUT2D eigenvalue weighted by molar-refractivity contribution is -0.0504. The molecule has 7 nitrogen and oxygen atoms in total. The van der Waals surface area contributed by atoms with Crippen molar-refractivity contribution < 1.29 is 13.5 Å². The summed E-state index contributed by atoms with van der Waals surface area (Å²) >= 11 is 5.99. The van der Waals surface area contributed by atoms with Gasteiger partial charge in [0.15, 0.2) is 11.8 Å². The molecule has 0 fully saturated rings. The van der Waals surface area contributed by atoms with Crippen molar-refractivity contribution in [3.05, 3.63) is 40.4 Å². The Morgan fingerprint density at radius 2 is 2.11 bits per heavy atom. The molecule has 0 aliphatic heterocycles. The van der Waals surface area contributed by atoms with E-state index in [0.29, 0.717) is 23.1 Å². The van der Waals surface area contributed by atoms with Gasteiger partial charge >= 0.3 is 6.61 Å². The zero-order chi connectivity index (χ0) is 20.5. The van der Waals surface area contributed by atoms with Crippen LogP contribution in [-0.4, -0.2) is 33.9 Å². The first kappa shape index (κ1) is 21.9. The number of benzene rings is 1. The predicted octanol–water partition coefficient (Wildman–Crippen LogP) is 3.41. The van der Waals surface area contributed by atoms with Crippen LogP contribution in [0.3, 0.4) is 0 Å². The Kier molecular flexibility index (Phi) is 8.43. The molecular formula is C18H25ClF2N6O. The number of nitrogens with zero attached hydrogens (tertiary/aromatic N) is 4. The number of rotatable bonds is 9. The third-order valence-corrected chi connectivity index (χ3v) is 4.30. The molecule has 0 saturated heterocycles. The number of ether oxygens (including phenoxy) is 1. The van der Waals surface area contributed by atoms with Gasteiger partial charge in [-0.15, -0.1) is 10.2 Å². The smallest absolute Gasteiger partial charge is 0.387 e. The molecule has 0 atom stereocenters. The van der Waals surface area contributed by atoms with Crippen LogP contribution < -0.4 is 15.4 Å². The monoisotopic (exact) mass is 414 g/mol. The predicted molar refractivity (Wildman–Crippen MR) is 105 cm³/mol. The van der Waals surface area contributed by atoms with Gasteiger partial charge in [0.05, 0.1) is 13.1 Å². The number of nitrogens with one attached hydrogen (secondary N) is 2. The van der Waals surface area contributed by atoms with E-state index in [1.807, 2.05) is 18.5 Å². The first-order valence-corrected chi connectivity index (χ1v) is 9.38. The summed E-state index contributed by atoms with van der Waals surface area (Å²) in [5.74, 6) is 2.16. The molecule has 0 bridgehead atoms. The van der Waals surface area contributed by atoms with Crippen LogP contribution in [0, 0.1) is 6.92 Å². The SMILES string of the molecule is CCCCNC(=NCc1cc(Cl)ccc1OC(F)F)NCc1nnc(C)n1C. The van der Waals surface area contributed by atoms with Crippen molar-refractivity contribution in [2.24, 2.45) is 12.0 Å². The van der Waals surface area contributed by atoms with Crippen LogP contribution in [0.5, 0.6) is 5.75 Å². The van der Waals surface area contributed by atoms with Crippen molar-refractivity contribution in [2.45, 2.75) is 46.4 Å². The van der Waals surface area contributed by atoms with E-state index in [1.165, 1.54) is 12.1 Å². The van der Waals surface area contributed by atoms with Crippen molar-refractivity contribution in [3.8, 4) is 5.75 Å². The molecule has 0 aliphatic carbocycles. The number of aryl methyl sites for hydroxylation is 1. The zero-order valence-electron chi connectivity index (χ0n) is 16.2. The van der Waals surface area contributed by atoms with E-state index in [9.17, 15) is 8.78 Å². The van der Waals surface area contributed by atoms with Gasteiger partial charge in [0.25, 0.3) is 0 Å². The highest BCUT2D eigenvalue weighted by Gasteiger charge is 2.11. The van der Waals surface area contributed by atoms with Crippen LogP contribution in [0.25, 0.3) is 0 Å². The van der Waals surface area contributed by atoms with E-state index >= 15 is 0 Å². The molecule has 154 valence electrons. The number of alkyl halides is 2. The Morgan fingerprint density at radius 3 is 2.75 bits per heavy atom. The van der Waals surface area contributed by atoms with Crippen molar-refractivity contribution in [1.82, 2.24) is 25.4 Å². The molecule has 0 unspecified atom stereocenters. The fraction of sp³-hybridized carbons (Fsp3) is 0.500. The number of hydrogen-bond donors (Lipinski definition) is 2. The summed E-state index contributed by atoms with van der Waals surface area (Å²) in [6.07, 6.45) is 2.00. The first-order valence-electron chi connectivity index (χ1n) is 9.01. The molecule has 0 radical (unpaired) electrons. The second-order valence-corrected chi connectivity index (χ2v) is 6.59. The summed E-state index contributed by atoms with van der Waals surface area (Å²) in [4.78, 5) is 4.48. The molecule has 1 heterocycles. The second-order valence-electron chi connectivity index (χ2n) is 6.15. The van der Waals surface area contributed by atoms with E-state index in [1.54, 1.807) is 6.07 Å². The Labute approximate surface area is 168 Å². The largest absolute Gasteiger partial charge is 0.434 e. The Hall–Kier alpha value is -2.42. The average Bonchev–Trinajstić information content (AvgIpc) is 2.97. The van der Waals surface area contributed by atoms with Crippen LogP contribution in [0.15, 0.2) is 23.2 Å². The summed E-state index contributed by atoms with van der Waals surface area (Å²) in [7, 11) is 1.88. The molecule has 28 heavy (non-hydrogen) atoms. The summed E-state index contributed by atoms with van der Waals surface area (Å²) in [6, 6.07) is 4.49. The van der Waals surface area contributed by atoms with Crippen molar-refractivity contribution in [3.63, 3.8) is 0 Å². The number of aromatic nitrogens is 3. The zero-order valence-corrected chi connectivity index (χ0v) is 16.9. The van der Waals surface area contributed by atoms with E-state index in [0.717, 1.165) is 31.0 Å². The highest BCUT2D eigenvalue weighted by atomic mass is 35.5. The Bertz CT molecular complexity index is 796. The third-order valence-electron chi connectivity index (χ3n) is 4.07. The van der Waals surface area contributed by atoms with Gasteiger partial charge in [0.2, 0.25) is 0 Å². The lowest BCUT2D eigenvalue weighted by Gasteiger charge is -2.13. The quantitative estimate of drug-likeness (QED) is 0.373. The van der Waals surface area contributed by atoms with Gasteiger partial charge in [-0.2, -0.15) is 8.78 Å². The molecule has 0 amide bonds. The minimum Gasteiger partial charge on any atom is -0.434 e. The van der Waals surface area contributed by atoms with Gasteiger partial charge in [-0.1, -0.05) is 24.9 Å². The fourth-order valence-electron chi connectivity index (χ4n) is 2.37. The first-order chi connectivity index (χ1) is 13.4. The highest BCUT2D eigenvalue weighted by molar-refractivity contribution is 6.30. The average molecular weight is 415 g/mol. The van der Waals surface area contributed by atoms with E-state index in [2.05, 4.69) is 37.5 Å². The van der Waals surface area contributed by atoms with Crippen LogP contribution in [0.4, 0.5) is 8.78 Å². The van der Waals surface area contributed by atoms with Crippen molar-refractivity contribution in [2.75, 3.05) is 6.54 Å². The van der Waals surface area contributed by atoms with Gasteiger partial charge in [0.1, 0.15) is 11.6 Å². The second kappa shape index (κ2) is 10.8. The Balaban J connectivity index is 2.12. The highest BCUT2D eigenvalue weighted by Crippen LogP contribution is 2.25. The lowest BCUT2D eigenvalue weighted by Crippen LogP contribution is -2.38. The summed E-state index contributed by atoms with van der Waals surface area (Å²) < 4.78 is 31.7. The van der Waals surface area contributed by atoms with Crippen LogP contribution in [0.2, 0.25) is 5.02 Å². The van der Waals surface area contributed by atoms with Gasteiger partial charge in [0, 0.05) is 24.2 Å². The fourth-order valence-corrected chi connectivity index (χ4v) is 2.57. The number of hydrogen-bond acceptors (Lipinski definition) is 4. The molecule has 1 aromatic carbocycles. The molecular weight excluding hydrogens is 390 g/mol. The van der Waals surface area contributed by atoms with Gasteiger partial charge < -0.3 is 19.9 Å². The number of guanidine groups is 1. The molecule has 10 heteroatoms. The Morgan fingerprint density at radius 1 is 1.32 bits per heavy atom. The normalized spacial score (nSPS) is 11.8. The van der Waals surface area contributed by atoms with E-state index < -0.39 is 6.61 Å². The lowest BCUT2D eigenvalue weighted by atomic mass is 10.2. The molecule has 0 spiro atoms. The number of halogens is 3.